The lowest BCUT2D eigenvalue weighted by molar-refractivity contribution is -0.129. The third-order valence-corrected chi connectivity index (χ3v) is 8.94. The third kappa shape index (κ3) is 10.3. The van der Waals surface area contributed by atoms with Gasteiger partial charge in [-0.15, -0.1) is 0 Å². The average Bonchev–Trinajstić information content (AvgIpc) is 3.51. The third-order valence-electron chi connectivity index (χ3n) is 8.63. The molecule has 4 heterocycles. The number of aromatic nitrogens is 2. The van der Waals surface area contributed by atoms with Crippen molar-refractivity contribution in [2.24, 2.45) is 0 Å². The van der Waals surface area contributed by atoms with Crippen molar-refractivity contribution in [3.05, 3.63) is 64.8 Å². The second-order valence-corrected chi connectivity index (χ2v) is 12.2. The molecule has 2 fully saturated rings. The summed E-state index contributed by atoms with van der Waals surface area (Å²) in [4.78, 5) is 30.7. The minimum Gasteiger partial charge on any atom is -0.462 e. The smallest absolute Gasteiger partial charge is 0.318 e. The van der Waals surface area contributed by atoms with Gasteiger partial charge in [0.05, 0.1) is 30.0 Å². The number of benzene rings is 2. The van der Waals surface area contributed by atoms with Gasteiger partial charge in [-0.25, -0.2) is 0 Å². The van der Waals surface area contributed by atoms with Crippen LogP contribution in [0, 0.1) is 11.3 Å². The van der Waals surface area contributed by atoms with E-state index in [-0.39, 0.29) is 12.6 Å². The van der Waals surface area contributed by atoms with Crippen LogP contribution in [-0.4, -0.2) is 91.3 Å². The molecule has 2 saturated heterocycles. The molecule has 1 amide bonds. The zero-order valence-electron chi connectivity index (χ0n) is 29.4. The van der Waals surface area contributed by atoms with Crippen LogP contribution >= 0.6 is 11.6 Å². The van der Waals surface area contributed by atoms with Crippen LogP contribution in [0.2, 0.25) is 5.02 Å². The van der Waals surface area contributed by atoms with Crippen molar-refractivity contribution in [1.29, 1.82) is 5.26 Å². The van der Waals surface area contributed by atoms with Gasteiger partial charge in [0, 0.05) is 69.3 Å². The maximum Gasteiger partial charge on any atom is 0.318 e. The Morgan fingerprint density at radius 2 is 1.71 bits per heavy atom. The number of halogens is 2. The Morgan fingerprint density at radius 3 is 2.29 bits per heavy atom. The number of likely N-dealkylation sites (tertiary alicyclic amines) is 1. The number of anilines is 2. The molecule has 3 aliphatic rings. The van der Waals surface area contributed by atoms with Gasteiger partial charge in [0.25, 0.3) is 0 Å². The second kappa shape index (κ2) is 19.8. The molecule has 11 heteroatoms. The van der Waals surface area contributed by atoms with E-state index >= 15 is 0 Å². The topological polar surface area (TPSA) is 88.8 Å². The first-order valence-electron chi connectivity index (χ1n) is 16.8. The second-order valence-electron chi connectivity index (χ2n) is 11.8. The minimum atomic E-state index is -0.250. The molecule has 2 aromatic carbocycles. The number of hydrogen-bond acceptors (Lipinski definition) is 8. The van der Waals surface area contributed by atoms with Crippen LogP contribution in [0.4, 0.5) is 15.9 Å². The van der Waals surface area contributed by atoms with Crippen LogP contribution in [0.3, 0.4) is 0 Å². The molecule has 48 heavy (non-hydrogen) atoms. The van der Waals surface area contributed by atoms with Crippen LogP contribution in [0.25, 0.3) is 10.8 Å². The lowest BCUT2D eigenvalue weighted by Crippen LogP contribution is -2.49. The SMILES string of the molecule is C/C=C/C.CC#N.CC(=O)N1CCN(c2nc(OCC3CCCN3C)nc3c2CCN(c2cccc4cccc(Cl)c24)C3)CC1.CCF. The summed E-state index contributed by atoms with van der Waals surface area (Å²) in [6.45, 7) is 14.4. The van der Waals surface area contributed by atoms with Crippen molar-refractivity contribution in [2.75, 3.05) is 69.4 Å². The highest BCUT2D eigenvalue weighted by Crippen LogP contribution is 2.37. The highest BCUT2D eigenvalue weighted by molar-refractivity contribution is 6.36. The normalized spacial score (nSPS) is 17.3. The summed E-state index contributed by atoms with van der Waals surface area (Å²) in [5.41, 5.74) is 3.33. The summed E-state index contributed by atoms with van der Waals surface area (Å²) < 4.78 is 16.5. The van der Waals surface area contributed by atoms with Crippen molar-refractivity contribution < 1.29 is 13.9 Å². The summed E-state index contributed by atoms with van der Waals surface area (Å²) in [5.74, 6) is 1.09. The number of hydrogen-bond donors (Lipinski definition) is 0. The molecule has 0 radical (unpaired) electrons. The van der Waals surface area contributed by atoms with E-state index in [1.807, 2.05) is 43.0 Å². The van der Waals surface area contributed by atoms with E-state index in [4.69, 9.17) is 31.6 Å². The van der Waals surface area contributed by atoms with Gasteiger partial charge >= 0.3 is 6.01 Å². The van der Waals surface area contributed by atoms with E-state index < -0.39 is 0 Å². The molecule has 9 nitrogen and oxygen atoms in total. The maximum absolute atomic E-state index is 11.9. The minimum absolute atomic E-state index is 0.128. The molecule has 0 N–H and O–H groups in total. The van der Waals surface area contributed by atoms with Crippen LogP contribution in [0.5, 0.6) is 6.01 Å². The number of likely N-dealkylation sites (N-methyl/N-ethyl adjacent to an activating group) is 1. The number of carbonyl (C=O) groups excluding carboxylic acids is 1. The summed E-state index contributed by atoms with van der Waals surface area (Å²) in [6, 6.07) is 15.0. The van der Waals surface area contributed by atoms with Gasteiger partial charge in [-0.3, -0.25) is 9.18 Å². The molecular formula is C37H51ClFN7O2. The van der Waals surface area contributed by atoms with E-state index in [2.05, 4.69) is 46.0 Å². The first-order chi connectivity index (χ1) is 23.2. The van der Waals surface area contributed by atoms with Gasteiger partial charge in [0.15, 0.2) is 0 Å². The summed E-state index contributed by atoms with van der Waals surface area (Å²) >= 11 is 6.67. The van der Waals surface area contributed by atoms with E-state index in [0.717, 1.165) is 72.0 Å². The number of fused-ring (bicyclic) bond motifs is 2. The summed E-state index contributed by atoms with van der Waals surface area (Å²) in [6.07, 6.45) is 7.17. The largest absolute Gasteiger partial charge is 0.462 e. The number of amides is 1. The molecular weight excluding hydrogens is 629 g/mol. The molecule has 0 saturated carbocycles. The van der Waals surface area contributed by atoms with E-state index in [1.54, 1.807) is 13.0 Å². The lowest BCUT2D eigenvalue weighted by Gasteiger charge is -2.38. The predicted molar refractivity (Wildman–Crippen MR) is 195 cm³/mol. The number of nitriles is 1. The quantitative estimate of drug-likeness (QED) is 0.265. The first-order valence-corrected chi connectivity index (χ1v) is 17.2. The summed E-state index contributed by atoms with van der Waals surface area (Å²) in [5, 5.41) is 10.3. The number of alkyl halides is 1. The Morgan fingerprint density at radius 1 is 1.06 bits per heavy atom. The van der Waals surface area contributed by atoms with Crippen LogP contribution < -0.4 is 14.5 Å². The Balaban J connectivity index is 0.000000557. The van der Waals surface area contributed by atoms with E-state index in [1.165, 1.54) is 25.8 Å². The number of rotatable bonds is 5. The van der Waals surface area contributed by atoms with Crippen molar-refractivity contribution in [3.63, 3.8) is 0 Å². The van der Waals surface area contributed by atoms with Crippen LogP contribution in [-0.2, 0) is 17.8 Å². The van der Waals surface area contributed by atoms with E-state index in [0.29, 0.717) is 38.3 Å². The Bertz CT molecular complexity index is 1530. The monoisotopic (exact) mass is 679 g/mol. The molecule has 0 aliphatic carbocycles. The van der Waals surface area contributed by atoms with Gasteiger partial charge in [-0.1, -0.05) is 48.0 Å². The Kier molecular flexibility index (Phi) is 15.9. The van der Waals surface area contributed by atoms with Crippen LogP contribution in [0.1, 0.15) is 58.7 Å². The number of allylic oxidation sites excluding steroid dienone is 2. The van der Waals surface area contributed by atoms with Gasteiger partial charge in [0.1, 0.15) is 12.4 Å². The van der Waals surface area contributed by atoms with Crippen molar-refractivity contribution in [2.45, 2.75) is 66.5 Å². The molecule has 1 unspecified atom stereocenters. The summed E-state index contributed by atoms with van der Waals surface area (Å²) in [7, 11) is 2.15. The van der Waals surface area contributed by atoms with Gasteiger partial charge < -0.3 is 24.3 Å². The van der Waals surface area contributed by atoms with Crippen molar-refractivity contribution in [1.82, 2.24) is 19.8 Å². The molecule has 3 aromatic rings. The molecule has 0 bridgehead atoms. The first kappa shape index (κ1) is 38.5. The maximum atomic E-state index is 11.9. The number of carbonyl (C=O) groups is 1. The fourth-order valence-electron chi connectivity index (χ4n) is 6.05. The number of ether oxygens (including phenoxy) is 1. The van der Waals surface area contributed by atoms with Crippen LogP contribution in [0.15, 0.2) is 48.6 Å². The average molecular weight is 680 g/mol. The molecule has 3 aliphatic heterocycles. The lowest BCUT2D eigenvalue weighted by atomic mass is 10.0. The van der Waals surface area contributed by atoms with Crippen molar-refractivity contribution >= 4 is 39.8 Å². The predicted octanol–water partition coefficient (Wildman–Crippen LogP) is 7.08. The van der Waals surface area contributed by atoms with E-state index in [9.17, 15) is 9.18 Å². The standard InChI is InChI=1S/C29H35ClN6O2.C4H8.C2H5F.C2H3N/c1-20(37)34-14-16-35(17-15-34)28-23-11-13-36(26-10-4-7-21-6-3-9-24(30)27(21)26)18-25(23)31-29(32-28)38-19-22-8-5-12-33(22)2;1-3-4-2;2*1-2-3/h3-4,6-7,9-10,22H,5,8,11-19H2,1-2H3;3-4H,1-2H3;2H2,1H3;1H3/b;4-3+;;. The fourth-order valence-corrected chi connectivity index (χ4v) is 6.33. The highest BCUT2D eigenvalue weighted by atomic mass is 35.5. The van der Waals surface area contributed by atoms with Gasteiger partial charge in [0.2, 0.25) is 5.91 Å². The number of piperazine rings is 1. The highest BCUT2D eigenvalue weighted by Gasteiger charge is 2.29. The molecule has 260 valence electrons. The Labute approximate surface area is 290 Å². The Hall–Kier alpha value is -3.94. The van der Waals surface area contributed by atoms with Crippen molar-refractivity contribution in [3.8, 4) is 12.1 Å². The van der Waals surface area contributed by atoms with Gasteiger partial charge in [-0.05, 0) is 71.1 Å². The zero-order valence-corrected chi connectivity index (χ0v) is 30.1. The fraction of sp³-hybridized carbons (Fsp3) is 0.514. The van der Waals surface area contributed by atoms with Gasteiger partial charge in [-0.2, -0.15) is 15.2 Å². The molecule has 1 aromatic heterocycles. The molecule has 0 spiro atoms. The molecule has 6 rings (SSSR count). The molecule has 1 atom stereocenters. The number of nitrogens with zero attached hydrogens (tertiary/aromatic N) is 7. The zero-order chi connectivity index (χ0) is 35.1.